The highest BCUT2D eigenvalue weighted by molar-refractivity contribution is 5.96. The van der Waals surface area contributed by atoms with Crippen molar-refractivity contribution in [3.05, 3.63) is 59.7 Å². The topological polar surface area (TPSA) is 50.8 Å². The molecule has 0 unspecified atom stereocenters. The van der Waals surface area contributed by atoms with E-state index < -0.39 is 0 Å². The van der Waals surface area contributed by atoms with Crippen LogP contribution < -0.4 is 14.8 Å². The first-order valence-electron chi connectivity index (χ1n) is 8.38. The molecule has 0 aliphatic rings. The Morgan fingerprint density at radius 3 is 2.48 bits per heavy atom. The quantitative estimate of drug-likeness (QED) is 0.761. The van der Waals surface area contributed by atoms with Crippen LogP contribution in [0.5, 0.6) is 11.5 Å². The zero-order valence-electron chi connectivity index (χ0n) is 15.1. The van der Waals surface area contributed by atoms with Gasteiger partial charge in [-0.2, -0.15) is 0 Å². The van der Waals surface area contributed by atoms with Crippen LogP contribution in [0, 0.1) is 0 Å². The third kappa shape index (κ3) is 6.12. The Morgan fingerprint density at radius 1 is 1.08 bits per heavy atom. The van der Waals surface area contributed by atoms with Gasteiger partial charge >= 0.3 is 0 Å². The highest BCUT2D eigenvalue weighted by Crippen LogP contribution is 2.18. The molecule has 2 rings (SSSR count). The molecule has 2 aromatic rings. The highest BCUT2D eigenvalue weighted by Gasteiger charge is 2.11. The second kappa shape index (κ2) is 9.69. The molecule has 1 amide bonds. The number of hydrogen-bond donors (Lipinski definition) is 1. The zero-order valence-corrected chi connectivity index (χ0v) is 15.1. The van der Waals surface area contributed by atoms with Crippen LogP contribution in [0.25, 0.3) is 0 Å². The molecule has 0 radical (unpaired) electrons. The van der Waals surface area contributed by atoms with Crippen molar-refractivity contribution in [2.45, 2.75) is 6.42 Å². The summed E-state index contributed by atoms with van der Waals surface area (Å²) in [6.45, 7) is 1.91. The third-order valence-corrected chi connectivity index (χ3v) is 3.79. The monoisotopic (exact) mass is 342 g/mol. The standard InChI is InChI=1S/C20H26N2O3/c1-22(2)14-15-25-19-7-5-4-6-18(19)20(23)21-13-12-16-8-10-17(24-3)11-9-16/h4-11H,12-15H2,1-3H3,(H,21,23). The Bertz CT molecular complexity index is 669. The molecule has 2 aromatic carbocycles. The summed E-state index contributed by atoms with van der Waals surface area (Å²) in [7, 11) is 5.62. The van der Waals surface area contributed by atoms with Crippen LogP contribution in [-0.2, 0) is 6.42 Å². The summed E-state index contributed by atoms with van der Waals surface area (Å²) in [6.07, 6.45) is 0.763. The van der Waals surface area contributed by atoms with Gasteiger partial charge in [-0.1, -0.05) is 24.3 Å². The number of nitrogens with one attached hydrogen (secondary N) is 1. The van der Waals surface area contributed by atoms with Gasteiger partial charge in [-0.15, -0.1) is 0 Å². The lowest BCUT2D eigenvalue weighted by Crippen LogP contribution is -2.26. The van der Waals surface area contributed by atoms with Crippen molar-refractivity contribution < 1.29 is 14.3 Å². The van der Waals surface area contributed by atoms with E-state index in [1.165, 1.54) is 0 Å². The Balaban J connectivity index is 1.87. The molecular weight excluding hydrogens is 316 g/mol. The van der Waals surface area contributed by atoms with Crippen molar-refractivity contribution in [1.29, 1.82) is 0 Å². The predicted molar refractivity (Wildman–Crippen MR) is 99.5 cm³/mol. The number of likely N-dealkylation sites (N-methyl/N-ethyl adjacent to an activating group) is 1. The molecule has 134 valence electrons. The van der Waals surface area contributed by atoms with E-state index in [0.29, 0.717) is 24.5 Å². The lowest BCUT2D eigenvalue weighted by Gasteiger charge is -2.14. The normalized spacial score (nSPS) is 10.6. The van der Waals surface area contributed by atoms with Gasteiger partial charge in [0.2, 0.25) is 0 Å². The maximum Gasteiger partial charge on any atom is 0.255 e. The number of carbonyl (C=O) groups excluding carboxylic acids is 1. The number of hydrogen-bond acceptors (Lipinski definition) is 4. The zero-order chi connectivity index (χ0) is 18.1. The van der Waals surface area contributed by atoms with Crippen molar-refractivity contribution >= 4 is 5.91 Å². The van der Waals surface area contributed by atoms with E-state index in [0.717, 1.165) is 24.3 Å². The molecule has 1 N–H and O–H groups in total. The highest BCUT2D eigenvalue weighted by atomic mass is 16.5. The Morgan fingerprint density at radius 2 is 1.80 bits per heavy atom. The number of methoxy groups -OCH3 is 1. The van der Waals surface area contributed by atoms with E-state index in [1.54, 1.807) is 13.2 Å². The minimum absolute atomic E-state index is 0.117. The minimum atomic E-state index is -0.117. The lowest BCUT2D eigenvalue weighted by molar-refractivity contribution is 0.0949. The molecule has 0 saturated heterocycles. The van der Waals surface area contributed by atoms with Gasteiger partial charge < -0.3 is 19.7 Å². The smallest absolute Gasteiger partial charge is 0.255 e. The summed E-state index contributed by atoms with van der Waals surface area (Å²) in [5.41, 5.74) is 1.72. The summed E-state index contributed by atoms with van der Waals surface area (Å²) in [5, 5.41) is 2.96. The van der Waals surface area contributed by atoms with Crippen molar-refractivity contribution in [3.8, 4) is 11.5 Å². The average molecular weight is 342 g/mol. The van der Waals surface area contributed by atoms with E-state index in [9.17, 15) is 4.79 Å². The predicted octanol–water partition coefficient (Wildman–Crippen LogP) is 2.61. The van der Waals surface area contributed by atoms with Crippen LogP contribution in [0.2, 0.25) is 0 Å². The molecule has 0 aliphatic heterocycles. The van der Waals surface area contributed by atoms with E-state index in [1.807, 2.05) is 61.5 Å². The molecule has 0 spiro atoms. The van der Waals surface area contributed by atoms with Crippen molar-refractivity contribution in [3.63, 3.8) is 0 Å². The van der Waals surface area contributed by atoms with Gasteiger partial charge in [0.25, 0.3) is 5.91 Å². The van der Waals surface area contributed by atoms with Crippen molar-refractivity contribution in [1.82, 2.24) is 10.2 Å². The SMILES string of the molecule is COc1ccc(CCNC(=O)c2ccccc2OCCN(C)C)cc1. The number of carbonyl (C=O) groups is 1. The molecule has 25 heavy (non-hydrogen) atoms. The number of rotatable bonds is 9. The van der Waals surface area contributed by atoms with Crippen molar-refractivity contribution in [2.75, 3.05) is 40.9 Å². The van der Waals surface area contributed by atoms with Gasteiger partial charge in [0.15, 0.2) is 0 Å². The third-order valence-electron chi connectivity index (χ3n) is 3.79. The molecule has 5 nitrogen and oxygen atoms in total. The molecule has 5 heteroatoms. The molecule has 0 aromatic heterocycles. The maximum atomic E-state index is 12.4. The van der Waals surface area contributed by atoms with E-state index in [2.05, 4.69) is 5.32 Å². The van der Waals surface area contributed by atoms with Crippen LogP contribution in [0.4, 0.5) is 0 Å². The first kappa shape index (κ1) is 18.8. The molecule has 0 saturated carbocycles. The Hall–Kier alpha value is -2.53. The maximum absolute atomic E-state index is 12.4. The fourth-order valence-corrected chi connectivity index (χ4v) is 2.33. The summed E-state index contributed by atoms with van der Waals surface area (Å²) in [6, 6.07) is 15.2. The first-order valence-corrected chi connectivity index (χ1v) is 8.38. The molecule has 0 heterocycles. The van der Waals surface area contributed by atoms with Gasteiger partial charge in [-0.25, -0.2) is 0 Å². The van der Waals surface area contributed by atoms with Crippen LogP contribution >= 0.6 is 0 Å². The Kier molecular flexibility index (Phi) is 7.29. The van der Waals surface area contributed by atoms with E-state index >= 15 is 0 Å². The molecule has 0 fully saturated rings. The van der Waals surface area contributed by atoms with Crippen LogP contribution in [0.3, 0.4) is 0 Å². The van der Waals surface area contributed by atoms with Gasteiger partial charge in [-0.3, -0.25) is 4.79 Å². The second-order valence-electron chi connectivity index (χ2n) is 6.00. The van der Waals surface area contributed by atoms with Crippen LogP contribution in [0.1, 0.15) is 15.9 Å². The molecule has 0 bridgehead atoms. The lowest BCUT2D eigenvalue weighted by atomic mass is 10.1. The number of para-hydroxylation sites is 1. The van der Waals surface area contributed by atoms with Gasteiger partial charge in [0, 0.05) is 13.1 Å². The average Bonchev–Trinajstić information content (AvgIpc) is 2.62. The molecular formula is C20H26N2O3. The summed E-state index contributed by atoms with van der Waals surface area (Å²) >= 11 is 0. The number of amides is 1. The summed E-state index contributed by atoms with van der Waals surface area (Å²) < 4.78 is 10.9. The fourth-order valence-electron chi connectivity index (χ4n) is 2.33. The Labute approximate surface area is 149 Å². The fraction of sp³-hybridized carbons (Fsp3) is 0.350. The largest absolute Gasteiger partial charge is 0.497 e. The number of nitrogens with zero attached hydrogens (tertiary/aromatic N) is 1. The van der Waals surface area contributed by atoms with Gasteiger partial charge in [0.05, 0.1) is 12.7 Å². The second-order valence-corrected chi connectivity index (χ2v) is 6.00. The van der Waals surface area contributed by atoms with Crippen LogP contribution in [0.15, 0.2) is 48.5 Å². The summed E-state index contributed by atoms with van der Waals surface area (Å²) in [5.74, 6) is 1.33. The van der Waals surface area contributed by atoms with Gasteiger partial charge in [0.1, 0.15) is 18.1 Å². The minimum Gasteiger partial charge on any atom is -0.497 e. The van der Waals surface area contributed by atoms with E-state index in [-0.39, 0.29) is 5.91 Å². The molecule has 0 aliphatic carbocycles. The number of ether oxygens (including phenoxy) is 2. The van der Waals surface area contributed by atoms with Crippen LogP contribution in [-0.4, -0.2) is 51.7 Å². The van der Waals surface area contributed by atoms with Crippen molar-refractivity contribution in [2.24, 2.45) is 0 Å². The first-order chi connectivity index (χ1) is 12.1. The summed E-state index contributed by atoms with van der Waals surface area (Å²) in [4.78, 5) is 14.5. The van der Waals surface area contributed by atoms with Gasteiger partial charge in [-0.05, 0) is 50.3 Å². The number of benzene rings is 2. The molecule has 0 atom stereocenters. The van der Waals surface area contributed by atoms with E-state index in [4.69, 9.17) is 9.47 Å².